The van der Waals surface area contributed by atoms with Crippen LogP contribution in [0.3, 0.4) is 0 Å². The predicted octanol–water partition coefficient (Wildman–Crippen LogP) is 4.59. The molecule has 6 aliphatic rings. The number of hydrogen-bond acceptors (Lipinski definition) is 6. The highest BCUT2D eigenvalue weighted by atomic mass is 19.1. The minimum Gasteiger partial charge on any atom is -0.446 e. The number of carbonyl (C=O) groups excluding carboxylic acids is 2. The van der Waals surface area contributed by atoms with Gasteiger partial charge in [-0.25, -0.2) is 14.0 Å². The van der Waals surface area contributed by atoms with Crippen molar-refractivity contribution in [2.45, 2.75) is 100.0 Å². The minimum atomic E-state index is -0.356. The first-order valence-corrected chi connectivity index (χ1v) is 14.6. The molecular weight excluding hydrogens is 489 g/mol. The van der Waals surface area contributed by atoms with Crippen molar-refractivity contribution in [2.75, 3.05) is 37.7 Å². The SMILES string of the molecule is O=C(O[C@@H]1CCOC1)N1CC2(CCN(C3CC4CCC(C3)N4C(=O)OC3CCC3)CC2)c2cc(F)ccc21. The number of amides is 2. The highest BCUT2D eigenvalue weighted by Gasteiger charge is 2.50. The molecule has 9 heteroatoms. The van der Waals surface area contributed by atoms with Crippen molar-refractivity contribution >= 4 is 17.9 Å². The van der Waals surface area contributed by atoms with E-state index in [2.05, 4.69) is 9.80 Å². The Hall–Kier alpha value is -2.39. The Morgan fingerprint density at radius 3 is 2.32 bits per heavy atom. The average molecular weight is 528 g/mol. The summed E-state index contributed by atoms with van der Waals surface area (Å²) in [5.41, 5.74) is 1.45. The monoisotopic (exact) mass is 527 g/mol. The third-order valence-corrected chi connectivity index (χ3v) is 10.2. The maximum atomic E-state index is 14.4. The molecule has 5 aliphatic heterocycles. The molecule has 8 nitrogen and oxygen atoms in total. The molecule has 1 saturated carbocycles. The van der Waals surface area contributed by atoms with E-state index in [4.69, 9.17) is 14.2 Å². The summed E-state index contributed by atoms with van der Waals surface area (Å²) in [4.78, 5) is 32.4. The Morgan fingerprint density at radius 2 is 1.66 bits per heavy atom. The van der Waals surface area contributed by atoms with Gasteiger partial charge in [-0.15, -0.1) is 0 Å². The third kappa shape index (κ3) is 4.26. The first-order valence-electron chi connectivity index (χ1n) is 14.6. The molecule has 1 spiro atoms. The maximum Gasteiger partial charge on any atom is 0.414 e. The number of halogens is 1. The molecule has 1 aliphatic carbocycles. The molecule has 0 N–H and O–H groups in total. The quantitative estimate of drug-likeness (QED) is 0.573. The zero-order chi connectivity index (χ0) is 25.9. The van der Waals surface area contributed by atoms with Crippen molar-refractivity contribution in [2.24, 2.45) is 0 Å². The average Bonchev–Trinajstić information content (AvgIpc) is 3.58. The molecule has 5 heterocycles. The van der Waals surface area contributed by atoms with Crippen LogP contribution in [-0.2, 0) is 19.6 Å². The minimum absolute atomic E-state index is 0.0982. The van der Waals surface area contributed by atoms with Gasteiger partial charge in [-0.1, -0.05) is 0 Å². The van der Waals surface area contributed by atoms with Crippen LogP contribution in [0.4, 0.5) is 19.7 Å². The fourth-order valence-electron chi connectivity index (χ4n) is 7.80. The second kappa shape index (κ2) is 9.66. The molecule has 0 radical (unpaired) electrons. The van der Waals surface area contributed by atoms with E-state index in [0.717, 1.165) is 88.5 Å². The molecule has 4 saturated heterocycles. The van der Waals surface area contributed by atoms with Gasteiger partial charge in [0.05, 0.1) is 18.9 Å². The highest BCUT2D eigenvalue weighted by Crippen LogP contribution is 2.49. The maximum absolute atomic E-state index is 14.4. The first-order chi connectivity index (χ1) is 18.5. The van der Waals surface area contributed by atoms with E-state index < -0.39 is 0 Å². The zero-order valence-electron chi connectivity index (χ0n) is 22.0. The summed E-state index contributed by atoms with van der Waals surface area (Å²) in [6.07, 6.45) is 9.22. The van der Waals surface area contributed by atoms with Crippen LogP contribution < -0.4 is 4.90 Å². The topological polar surface area (TPSA) is 71.6 Å². The Morgan fingerprint density at radius 1 is 0.921 bits per heavy atom. The van der Waals surface area contributed by atoms with E-state index >= 15 is 0 Å². The molecule has 2 bridgehead atoms. The summed E-state index contributed by atoms with van der Waals surface area (Å²) in [5.74, 6) is -0.261. The van der Waals surface area contributed by atoms with Gasteiger partial charge in [-0.3, -0.25) is 4.90 Å². The lowest BCUT2D eigenvalue weighted by molar-refractivity contribution is -0.00581. The molecule has 2 amide bonds. The number of nitrogens with zero attached hydrogens (tertiary/aromatic N) is 3. The van der Waals surface area contributed by atoms with Gasteiger partial charge in [0.1, 0.15) is 18.0 Å². The van der Waals surface area contributed by atoms with Crippen molar-refractivity contribution in [3.05, 3.63) is 29.6 Å². The number of fused-ring (bicyclic) bond motifs is 4. The predicted molar refractivity (Wildman–Crippen MR) is 138 cm³/mol. The van der Waals surface area contributed by atoms with Gasteiger partial charge in [0, 0.05) is 36.5 Å². The van der Waals surface area contributed by atoms with Crippen molar-refractivity contribution < 1.29 is 28.2 Å². The Labute approximate surface area is 223 Å². The third-order valence-electron chi connectivity index (χ3n) is 10.2. The van der Waals surface area contributed by atoms with Crippen LogP contribution in [0.15, 0.2) is 18.2 Å². The number of ether oxygens (including phenoxy) is 3. The fourth-order valence-corrected chi connectivity index (χ4v) is 7.80. The van der Waals surface area contributed by atoms with Crippen molar-refractivity contribution in [1.82, 2.24) is 9.80 Å². The van der Waals surface area contributed by atoms with Gasteiger partial charge in [0.25, 0.3) is 0 Å². The lowest BCUT2D eigenvalue weighted by atomic mass is 9.73. The van der Waals surface area contributed by atoms with Crippen molar-refractivity contribution in [3.8, 4) is 0 Å². The Bertz CT molecular complexity index is 1070. The molecule has 1 aromatic rings. The van der Waals surface area contributed by atoms with Gasteiger partial charge in [-0.05, 0) is 94.6 Å². The lowest BCUT2D eigenvalue weighted by Gasteiger charge is -2.47. The van der Waals surface area contributed by atoms with E-state index in [-0.39, 0.29) is 47.7 Å². The van der Waals surface area contributed by atoms with Crippen LogP contribution in [-0.4, -0.2) is 85.2 Å². The summed E-state index contributed by atoms with van der Waals surface area (Å²) in [7, 11) is 0. The Kier molecular flexibility index (Phi) is 6.26. The lowest BCUT2D eigenvalue weighted by Crippen LogP contribution is -2.56. The van der Waals surface area contributed by atoms with Crippen LogP contribution in [0, 0.1) is 5.82 Å². The van der Waals surface area contributed by atoms with E-state index in [1.807, 2.05) is 0 Å². The number of benzene rings is 1. The van der Waals surface area contributed by atoms with Crippen molar-refractivity contribution in [1.29, 1.82) is 0 Å². The highest BCUT2D eigenvalue weighted by molar-refractivity contribution is 5.91. The fraction of sp³-hybridized carbons (Fsp3) is 0.724. The number of carbonyl (C=O) groups is 2. The van der Waals surface area contributed by atoms with Gasteiger partial charge >= 0.3 is 12.2 Å². The van der Waals surface area contributed by atoms with Gasteiger partial charge in [0.2, 0.25) is 0 Å². The molecule has 206 valence electrons. The van der Waals surface area contributed by atoms with Crippen LogP contribution >= 0.6 is 0 Å². The first kappa shape index (κ1) is 24.6. The summed E-state index contributed by atoms with van der Waals surface area (Å²) >= 11 is 0. The van der Waals surface area contributed by atoms with Crippen molar-refractivity contribution in [3.63, 3.8) is 0 Å². The largest absolute Gasteiger partial charge is 0.446 e. The van der Waals surface area contributed by atoms with Crippen LogP contribution in [0.2, 0.25) is 0 Å². The van der Waals surface area contributed by atoms with E-state index in [1.165, 1.54) is 6.07 Å². The summed E-state index contributed by atoms with van der Waals surface area (Å²) in [5, 5.41) is 0. The van der Waals surface area contributed by atoms with Crippen LogP contribution in [0.5, 0.6) is 0 Å². The number of rotatable bonds is 3. The van der Waals surface area contributed by atoms with Gasteiger partial charge in [0.15, 0.2) is 0 Å². The molecule has 2 unspecified atom stereocenters. The number of hydrogen-bond donors (Lipinski definition) is 0. The summed E-state index contributed by atoms with van der Waals surface area (Å²) in [6.45, 7) is 3.40. The molecule has 0 aromatic heterocycles. The van der Waals surface area contributed by atoms with Crippen LogP contribution in [0.1, 0.15) is 69.8 Å². The van der Waals surface area contributed by atoms with Gasteiger partial charge < -0.3 is 24.0 Å². The normalized spacial score (nSPS) is 32.3. The summed E-state index contributed by atoms with van der Waals surface area (Å²) in [6, 6.07) is 5.79. The number of likely N-dealkylation sites (tertiary alicyclic amines) is 1. The smallest absolute Gasteiger partial charge is 0.414 e. The molecule has 38 heavy (non-hydrogen) atoms. The van der Waals surface area contributed by atoms with E-state index in [0.29, 0.717) is 25.8 Å². The van der Waals surface area contributed by atoms with Crippen LogP contribution in [0.25, 0.3) is 0 Å². The van der Waals surface area contributed by atoms with E-state index in [1.54, 1.807) is 17.0 Å². The standard InChI is InChI=1S/C29H38FN3O5/c30-19-4-7-26-25(14-19)29(18-32(26)27(34)38-24-8-13-36-17-24)9-11-31(12-10-29)22-15-20-5-6-21(16-22)33(20)28(35)37-23-2-1-3-23/h4,7,14,20-24H,1-3,5-6,8-13,15-18H2/t20?,21?,22?,24-/m1/s1. The molecule has 7 rings (SSSR count). The zero-order valence-corrected chi connectivity index (χ0v) is 22.0. The molecule has 1 aromatic carbocycles. The second-order valence-corrected chi connectivity index (χ2v) is 12.3. The number of piperidine rings is 2. The number of anilines is 1. The summed E-state index contributed by atoms with van der Waals surface area (Å²) < 4.78 is 31.3. The van der Waals surface area contributed by atoms with E-state index in [9.17, 15) is 14.0 Å². The van der Waals surface area contributed by atoms with Gasteiger partial charge in [-0.2, -0.15) is 0 Å². The second-order valence-electron chi connectivity index (χ2n) is 12.3. The molecule has 5 fully saturated rings. The molecule has 3 atom stereocenters. The Balaban J connectivity index is 1.02. The molecular formula is C29H38FN3O5.